The minimum atomic E-state index is -3.61. The molecule has 7 heteroatoms. The van der Waals surface area contributed by atoms with Gasteiger partial charge in [0.1, 0.15) is 0 Å². The zero-order valence-electron chi connectivity index (χ0n) is 23.8. The van der Waals surface area contributed by atoms with Gasteiger partial charge < -0.3 is 0 Å². The second kappa shape index (κ2) is 11.2. The molecule has 1 aliphatic heterocycles. The molecule has 0 saturated carbocycles. The number of hydrogen-bond donors (Lipinski definition) is 0. The van der Waals surface area contributed by atoms with Gasteiger partial charge in [-0.1, -0.05) is 135 Å². The average Bonchev–Trinajstić information content (AvgIpc) is 3.09. The number of anilines is 2. The first-order chi connectivity index (χ1) is 22.0. The number of halogens is 2. The molecule has 6 aromatic carbocycles. The van der Waals surface area contributed by atoms with E-state index in [0.29, 0.717) is 11.3 Å². The monoisotopic (exact) mass is 727 g/mol. The van der Waals surface area contributed by atoms with Crippen LogP contribution < -0.4 is 15.3 Å². The normalized spacial score (nSPS) is 15.5. The van der Waals surface area contributed by atoms with Crippen LogP contribution in [0.2, 0.25) is 0 Å². The van der Waals surface area contributed by atoms with Crippen molar-refractivity contribution in [3.05, 3.63) is 155 Å². The summed E-state index contributed by atoms with van der Waals surface area (Å²) in [5.74, 6) is 0.382. The summed E-state index contributed by atoms with van der Waals surface area (Å²) in [4.78, 5) is 10.3. The van der Waals surface area contributed by atoms with E-state index in [-0.39, 0.29) is 0 Å². The molecule has 7 aromatic rings. The van der Waals surface area contributed by atoms with Gasteiger partial charge in [-0.05, 0) is 59.2 Å². The summed E-state index contributed by atoms with van der Waals surface area (Å²) in [6.07, 6.45) is 0. The molecule has 0 saturated heterocycles. The summed E-state index contributed by atoms with van der Waals surface area (Å²) in [5.41, 5.74) is 7.37. The molecule has 1 unspecified atom stereocenters. The maximum atomic E-state index is 16.3. The lowest BCUT2D eigenvalue weighted by Crippen LogP contribution is -2.34. The van der Waals surface area contributed by atoms with Gasteiger partial charge in [-0.3, -0.25) is 9.24 Å². The van der Waals surface area contributed by atoms with Crippen molar-refractivity contribution < 1.29 is 4.57 Å². The van der Waals surface area contributed by atoms with Crippen LogP contribution in [0.25, 0.3) is 44.4 Å². The molecule has 0 spiro atoms. The minimum absolute atomic E-state index is 0.382. The highest BCUT2D eigenvalue weighted by atomic mass is 79.9. The minimum Gasteiger partial charge on any atom is -0.289 e. The number of aromatic nitrogens is 2. The lowest BCUT2D eigenvalue weighted by atomic mass is 10.0. The largest absolute Gasteiger partial charge is 0.289 e. The molecule has 2 heterocycles. The number of hydrogen-bond acceptors (Lipinski definition) is 3. The molecule has 45 heavy (non-hydrogen) atoms. The smallest absolute Gasteiger partial charge is 0.237 e. The Hall–Kier alpha value is -4.35. The van der Waals surface area contributed by atoms with Gasteiger partial charge in [0, 0.05) is 36.1 Å². The molecule has 8 rings (SSSR count). The number of para-hydroxylation sites is 1. The fourth-order valence-electron chi connectivity index (χ4n) is 6.10. The van der Waals surface area contributed by atoms with Gasteiger partial charge in [0.15, 0.2) is 0 Å². The average molecular weight is 729 g/mol. The molecule has 0 N–H and O–H groups in total. The number of nitrogens with zero attached hydrogens (tertiary/aromatic N) is 3. The Morgan fingerprint density at radius 2 is 1.16 bits per heavy atom. The van der Waals surface area contributed by atoms with Crippen molar-refractivity contribution in [2.75, 3.05) is 4.67 Å². The number of benzene rings is 6. The zero-order valence-corrected chi connectivity index (χ0v) is 27.9. The number of rotatable bonds is 4. The zero-order chi connectivity index (χ0) is 30.5. The quantitative estimate of drug-likeness (QED) is 0.169. The third kappa shape index (κ3) is 4.76. The maximum absolute atomic E-state index is 16.3. The van der Waals surface area contributed by atoms with Gasteiger partial charge in [-0.2, -0.15) is 0 Å². The molecule has 0 aliphatic carbocycles. The molecule has 0 amide bonds. The van der Waals surface area contributed by atoms with E-state index in [2.05, 4.69) is 50.1 Å². The number of fused-ring (bicyclic) bond motifs is 4. The molecular weight excluding hydrogens is 705 g/mol. The Bertz CT molecular complexity index is 2280. The predicted octanol–water partition coefficient (Wildman–Crippen LogP) is 10.5. The Morgan fingerprint density at radius 1 is 0.556 bits per heavy atom. The Morgan fingerprint density at radius 3 is 1.89 bits per heavy atom. The van der Waals surface area contributed by atoms with E-state index in [1.807, 2.05) is 132 Å². The van der Waals surface area contributed by atoms with Gasteiger partial charge in [-0.25, -0.2) is 9.97 Å². The van der Waals surface area contributed by atoms with Crippen molar-refractivity contribution >= 4 is 72.3 Å². The van der Waals surface area contributed by atoms with Crippen LogP contribution in [0.3, 0.4) is 0 Å². The van der Waals surface area contributed by atoms with Crippen LogP contribution in [0.15, 0.2) is 155 Å². The third-order valence-electron chi connectivity index (χ3n) is 8.20. The van der Waals surface area contributed by atoms with Crippen molar-refractivity contribution in [2.24, 2.45) is 0 Å². The van der Waals surface area contributed by atoms with E-state index in [0.717, 1.165) is 64.4 Å². The molecule has 0 radical (unpaired) electrons. The van der Waals surface area contributed by atoms with Gasteiger partial charge >= 0.3 is 0 Å². The van der Waals surface area contributed by atoms with Crippen molar-refractivity contribution in [1.29, 1.82) is 0 Å². The highest BCUT2D eigenvalue weighted by Gasteiger charge is 2.44. The van der Waals surface area contributed by atoms with Crippen molar-refractivity contribution in [3.63, 3.8) is 0 Å². The van der Waals surface area contributed by atoms with Crippen LogP contribution in [0, 0.1) is 0 Å². The summed E-state index contributed by atoms with van der Waals surface area (Å²) in [6, 6.07) is 48.5. The highest BCUT2D eigenvalue weighted by molar-refractivity contribution is 9.10. The van der Waals surface area contributed by atoms with E-state index in [9.17, 15) is 0 Å². The Balaban J connectivity index is 1.44. The third-order valence-corrected chi connectivity index (χ3v) is 12.2. The predicted molar refractivity (Wildman–Crippen MR) is 193 cm³/mol. The summed E-state index contributed by atoms with van der Waals surface area (Å²) in [6.45, 7) is 0. The van der Waals surface area contributed by atoms with Crippen molar-refractivity contribution in [2.45, 2.75) is 0 Å². The molecule has 216 valence electrons. The van der Waals surface area contributed by atoms with E-state index >= 15 is 4.57 Å². The lowest BCUT2D eigenvalue weighted by molar-refractivity contribution is 0.586. The van der Waals surface area contributed by atoms with Crippen LogP contribution in [0.1, 0.15) is 0 Å². The van der Waals surface area contributed by atoms with Crippen LogP contribution >= 0.6 is 39.2 Å². The first-order valence-corrected chi connectivity index (χ1v) is 17.7. The van der Waals surface area contributed by atoms with E-state index in [4.69, 9.17) is 9.97 Å². The lowest BCUT2D eigenvalue weighted by Gasteiger charge is -2.39. The maximum Gasteiger partial charge on any atom is 0.237 e. The Kier molecular flexibility index (Phi) is 7.02. The highest BCUT2D eigenvalue weighted by Crippen LogP contribution is 2.61. The Labute approximate surface area is 278 Å². The van der Waals surface area contributed by atoms with E-state index in [1.54, 1.807) is 0 Å². The molecule has 4 nitrogen and oxygen atoms in total. The van der Waals surface area contributed by atoms with Gasteiger partial charge in [0.05, 0.1) is 16.9 Å². The van der Waals surface area contributed by atoms with Crippen LogP contribution in [-0.2, 0) is 4.57 Å². The van der Waals surface area contributed by atoms with E-state index in [1.165, 1.54) is 0 Å². The molecule has 1 aromatic heterocycles. The summed E-state index contributed by atoms with van der Waals surface area (Å²) >= 11 is 7.38. The summed E-state index contributed by atoms with van der Waals surface area (Å²) < 4.78 is 19.9. The molecule has 0 fully saturated rings. The van der Waals surface area contributed by atoms with Gasteiger partial charge in [0.2, 0.25) is 13.2 Å². The summed E-state index contributed by atoms with van der Waals surface area (Å²) in [7, 11) is -3.61. The van der Waals surface area contributed by atoms with Crippen LogP contribution in [-0.4, -0.2) is 9.97 Å². The van der Waals surface area contributed by atoms with Crippen LogP contribution in [0.5, 0.6) is 0 Å². The first kappa shape index (κ1) is 28.1. The van der Waals surface area contributed by atoms with Gasteiger partial charge in [0.25, 0.3) is 0 Å². The fraction of sp³-hybridized carbons (Fsp3) is 0. The molecule has 0 bridgehead atoms. The molecule has 1 aliphatic rings. The fourth-order valence-corrected chi connectivity index (χ4v) is 9.91. The summed E-state index contributed by atoms with van der Waals surface area (Å²) in [5, 5.41) is 2.37. The molecule has 1 atom stereocenters. The van der Waals surface area contributed by atoms with Gasteiger partial charge in [-0.15, -0.1) is 0 Å². The standard InChI is InChI=1S/C38H24Br2N3OP/c39-28-17-21-31-32-22-18-29(40)24-36(32)45(44,30-19-15-26(16-20-30)25-9-3-1-4-10-25)43(35(31)23-28)38-41-34-14-8-7-13-33(34)37(42-38)27-11-5-2-6-12-27/h1-24H. The second-order valence-electron chi connectivity index (χ2n) is 10.9. The van der Waals surface area contributed by atoms with Crippen molar-refractivity contribution in [1.82, 2.24) is 9.97 Å². The second-order valence-corrected chi connectivity index (χ2v) is 15.3. The SMILES string of the molecule is O=P1(c2ccc(-c3ccccc3)cc2)c2cc(Br)ccc2-c2ccc(Br)cc2N1c1nc(-c2ccccc2)c2ccccc2n1. The molecular formula is C38H24Br2N3OP. The van der Waals surface area contributed by atoms with Crippen LogP contribution in [0.4, 0.5) is 11.6 Å². The van der Waals surface area contributed by atoms with E-state index < -0.39 is 7.29 Å². The first-order valence-electron chi connectivity index (χ1n) is 14.5. The topological polar surface area (TPSA) is 46.1 Å². The van der Waals surface area contributed by atoms with Crippen molar-refractivity contribution in [3.8, 4) is 33.5 Å².